The van der Waals surface area contributed by atoms with E-state index in [2.05, 4.69) is 5.10 Å². The topological polar surface area (TPSA) is 55.1 Å². The molecule has 1 aromatic heterocycles. The molecule has 0 aromatic carbocycles. The van der Waals surface area contributed by atoms with E-state index in [0.29, 0.717) is 6.54 Å². The van der Waals surface area contributed by atoms with E-state index >= 15 is 0 Å². The molecule has 0 saturated heterocycles. The number of aromatic nitrogens is 2. The molecule has 0 fully saturated rings. The van der Waals surface area contributed by atoms with Gasteiger partial charge in [0.05, 0.1) is 0 Å². The molecule has 0 radical (unpaired) electrons. The third-order valence-corrected chi connectivity index (χ3v) is 1.63. The van der Waals surface area contributed by atoms with E-state index < -0.39 is 11.9 Å². The Labute approximate surface area is 68.6 Å². The predicted octanol–water partition coefficient (Wildman–Crippen LogP) is 1.05. The molecule has 4 nitrogen and oxygen atoms in total. The van der Waals surface area contributed by atoms with Gasteiger partial charge in [-0.2, -0.15) is 4.39 Å². The molecule has 0 amide bonds. The number of halogens is 1. The molecule has 12 heavy (non-hydrogen) atoms. The summed E-state index contributed by atoms with van der Waals surface area (Å²) < 4.78 is 13.9. The number of hydrogen-bond acceptors (Lipinski definition) is 2. The van der Waals surface area contributed by atoms with Gasteiger partial charge in [0.25, 0.3) is 0 Å². The van der Waals surface area contributed by atoms with Crippen LogP contribution in [0.5, 0.6) is 0 Å². The fraction of sp³-hybridized carbons (Fsp3) is 0.429. The molecule has 0 aliphatic carbocycles. The number of rotatable bonds is 2. The van der Waals surface area contributed by atoms with Crippen molar-refractivity contribution in [2.24, 2.45) is 0 Å². The van der Waals surface area contributed by atoms with Crippen LogP contribution in [-0.4, -0.2) is 20.9 Å². The van der Waals surface area contributed by atoms with Gasteiger partial charge in [0.15, 0.2) is 5.69 Å². The van der Waals surface area contributed by atoms with Crippen molar-refractivity contribution in [2.45, 2.75) is 20.4 Å². The third-order valence-electron chi connectivity index (χ3n) is 1.63. The molecular weight excluding hydrogens is 163 g/mol. The van der Waals surface area contributed by atoms with Crippen molar-refractivity contribution in [3.8, 4) is 0 Å². The first-order valence-electron chi connectivity index (χ1n) is 3.54. The molecule has 0 saturated carbocycles. The van der Waals surface area contributed by atoms with Crippen molar-refractivity contribution >= 4 is 5.97 Å². The Bertz CT molecular complexity index is 319. The minimum atomic E-state index is -1.15. The number of carboxylic acids is 1. The quantitative estimate of drug-likeness (QED) is 0.725. The van der Waals surface area contributed by atoms with Gasteiger partial charge in [0.2, 0.25) is 5.95 Å². The highest BCUT2D eigenvalue weighted by Gasteiger charge is 2.18. The van der Waals surface area contributed by atoms with E-state index in [1.807, 2.05) is 0 Å². The molecule has 1 aromatic rings. The van der Waals surface area contributed by atoms with Crippen molar-refractivity contribution in [1.29, 1.82) is 0 Å². The fourth-order valence-electron chi connectivity index (χ4n) is 1.02. The number of aryl methyl sites for hydroxylation is 1. The Hall–Kier alpha value is -1.39. The molecule has 0 spiro atoms. The van der Waals surface area contributed by atoms with Gasteiger partial charge in [0.1, 0.15) is 0 Å². The van der Waals surface area contributed by atoms with Gasteiger partial charge in [-0.25, -0.2) is 4.79 Å². The highest BCUT2D eigenvalue weighted by atomic mass is 19.1. The largest absolute Gasteiger partial charge is 0.477 e. The normalized spacial score (nSPS) is 10.2. The lowest BCUT2D eigenvalue weighted by Gasteiger charge is -1.98. The molecular formula is C7H9FN2O2. The van der Waals surface area contributed by atoms with Crippen LogP contribution >= 0.6 is 0 Å². The maximum Gasteiger partial charge on any atom is 0.354 e. The van der Waals surface area contributed by atoms with Gasteiger partial charge in [0, 0.05) is 12.1 Å². The van der Waals surface area contributed by atoms with Crippen LogP contribution in [0.4, 0.5) is 4.39 Å². The molecule has 0 atom stereocenters. The van der Waals surface area contributed by atoms with Crippen LogP contribution in [0.25, 0.3) is 0 Å². The lowest BCUT2D eigenvalue weighted by Crippen LogP contribution is -2.09. The third kappa shape index (κ3) is 1.17. The fourth-order valence-corrected chi connectivity index (χ4v) is 1.02. The van der Waals surface area contributed by atoms with Crippen LogP contribution in [0.1, 0.15) is 23.0 Å². The molecule has 5 heteroatoms. The zero-order valence-electron chi connectivity index (χ0n) is 6.83. The summed E-state index contributed by atoms with van der Waals surface area (Å²) in [5.74, 6) is -1.86. The summed E-state index contributed by atoms with van der Waals surface area (Å²) in [7, 11) is 0. The molecule has 1 rings (SSSR count). The highest BCUT2D eigenvalue weighted by Crippen LogP contribution is 2.11. The number of carbonyl (C=O) groups is 1. The number of hydrogen-bond donors (Lipinski definition) is 1. The Kier molecular flexibility index (Phi) is 2.12. The van der Waals surface area contributed by atoms with Crippen LogP contribution in [0.2, 0.25) is 0 Å². The van der Waals surface area contributed by atoms with Crippen LogP contribution in [0, 0.1) is 12.9 Å². The molecule has 0 aliphatic heterocycles. The smallest absolute Gasteiger partial charge is 0.354 e. The summed E-state index contributed by atoms with van der Waals surface area (Å²) >= 11 is 0. The minimum absolute atomic E-state index is 0.0741. The van der Waals surface area contributed by atoms with Crippen LogP contribution in [-0.2, 0) is 6.54 Å². The maximum atomic E-state index is 12.8. The molecule has 0 unspecified atom stereocenters. The Balaban J connectivity index is 3.31. The Morgan fingerprint density at radius 1 is 1.75 bits per heavy atom. The van der Waals surface area contributed by atoms with Crippen LogP contribution < -0.4 is 0 Å². The van der Waals surface area contributed by atoms with E-state index in [1.54, 1.807) is 6.92 Å². The maximum absolute atomic E-state index is 12.8. The zero-order valence-corrected chi connectivity index (χ0v) is 6.83. The average molecular weight is 172 g/mol. The Morgan fingerprint density at radius 3 is 2.67 bits per heavy atom. The zero-order chi connectivity index (χ0) is 9.30. The summed E-state index contributed by atoms with van der Waals surface area (Å²) in [6.07, 6.45) is 0. The van der Waals surface area contributed by atoms with E-state index in [0.717, 1.165) is 4.68 Å². The second-order valence-corrected chi connectivity index (χ2v) is 2.39. The second-order valence-electron chi connectivity index (χ2n) is 2.39. The first-order chi connectivity index (χ1) is 5.57. The standard InChI is InChI=1S/C7H9FN2O2/c1-3-10-5(7(11)12)4(2)6(8)9-10/h3H2,1-2H3,(H,11,12). The van der Waals surface area contributed by atoms with E-state index in [4.69, 9.17) is 5.11 Å². The van der Waals surface area contributed by atoms with Crippen molar-refractivity contribution in [1.82, 2.24) is 9.78 Å². The summed E-state index contributed by atoms with van der Waals surface area (Å²) in [4.78, 5) is 10.6. The van der Waals surface area contributed by atoms with Crippen molar-refractivity contribution in [3.63, 3.8) is 0 Å². The van der Waals surface area contributed by atoms with E-state index in [-0.39, 0.29) is 11.3 Å². The lowest BCUT2D eigenvalue weighted by atomic mass is 10.3. The minimum Gasteiger partial charge on any atom is -0.477 e. The van der Waals surface area contributed by atoms with Gasteiger partial charge < -0.3 is 5.11 Å². The summed E-state index contributed by atoms with van der Waals surface area (Å²) in [5.41, 5.74) is 0.0133. The van der Waals surface area contributed by atoms with Crippen molar-refractivity contribution < 1.29 is 14.3 Å². The molecule has 0 aliphatic rings. The monoisotopic (exact) mass is 172 g/mol. The van der Waals surface area contributed by atoms with Gasteiger partial charge in [-0.1, -0.05) is 0 Å². The van der Waals surface area contributed by atoms with Gasteiger partial charge in [-0.15, -0.1) is 5.10 Å². The van der Waals surface area contributed by atoms with Gasteiger partial charge >= 0.3 is 5.97 Å². The summed E-state index contributed by atoms with van der Waals surface area (Å²) in [5, 5.41) is 12.1. The Morgan fingerprint density at radius 2 is 2.33 bits per heavy atom. The number of aromatic carboxylic acids is 1. The second kappa shape index (κ2) is 2.92. The number of nitrogens with zero attached hydrogens (tertiary/aromatic N) is 2. The molecule has 0 bridgehead atoms. The lowest BCUT2D eigenvalue weighted by molar-refractivity contribution is 0.0682. The van der Waals surface area contributed by atoms with Gasteiger partial charge in [-0.3, -0.25) is 4.68 Å². The number of carboxylic acid groups (broad SMARTS) is 1. The van der Waals surface area contributed by atoms with Crippen LogP contribution in [0.3, 0.4) is 0 Å². The van der Waals surface area contributed by atoms with Crippen LogP contribution in [0.15, 0.2) is 0 Å². The predicted molar refractivity (Wildman–Crippen MR) is 39.6 cm³/mol. The average Bonchev–Trinajstić information content (AvgIpc) is 2.28. The summed E-state index contributed by atoms with van der Waals surface area (Å²) in [6, 6.07) is 0. The molecule has 1 heterocycles. The van der Waals surface area contributed by atoms with Crippen molar-refractivity contribution in [3.05, 3.63) is 17.2 Å². The van der Waals surface area contributed by atoms with E-state index in [9.17, 15) is 9.18 Å². The SMILES string of the molecule is CCn1nc(F)c(C)c1C(=O)O. The van der Waals surface area contributed by atoms with Gasteiger partial charge in [-0.05, 0) is 13.8 Å². The highest BCUT2D eigenvalue weighted by molar-refractivity contribution is 5.87. The first-order valence-corrected chi connectivity index (χ1v) is 3.54. The van der Waals surface area contributed by atoms with Crippen molar-refractivity contribution in [2.75, 3.05) is 0 Å². The summed E-state index contributed by atoms with van der Waals surface area (Å²) in [6.45, 7) is 3.46. The first kappa shape index (κ1) is 8.70. The molecule has 1 N–H and O–H groups in total. The molecule has 66 valence electrons. The van der Waals surface area contributed by atoms with E-state index in [1.165, 1.54) is 6.92 Å².